The molecule has 0 aliphatic carbocycles. The van der Waals surface area contributed by atoms with Crippen LogP contribution >= 0.6 is 0 Å². The van der Waals surface area contributed by atoms with Crippen LogP contribution in [0, 0.1) is 0 Å². The van der Waals surface area contributed by atoms with Gasteiger partial charge in [0.15, 0.2) is 0 Å². The van der Waals surface area contributed by atoms with Crippen molar-refractivity contribution >= 4 is 16.8 Å². The summed E-state index contributed by atoms with van der Waals surface area (Å²) in [5, 5.41) is 1.18. The predicted octanol–water partition coefficient (Wildman–Crippen LogP) is 4.32. The molecule has 130 valence electrons. The third-order valence-corrected chi connectivity index (χ3v) is 4.51. The summed E-state index contributed by atoms with van der Waals surface area (Å²) in [5.74, 6) is -0.140. The lowest BCUT2D eigenvalue weighted by atomic mass is 9.87. The first-order valence-corrected chi connectivity index (χ1v) is 8.79. The maximum Gasteiger partial charge on any atom is 0.244 e. The number of carbonyl (C=O) groups is 1. The highest BCUT2D eigenvalue weighted by atomic mass is 16.6. The monoisotopic (exact) mass is 336 g/mol. The molecule has 0 saturated heterocycles. The summed E-state index contributed by atoms with van der Waals surface area (Å²) in [6.07, 6.45) is 3.35. The lowest BCUT2D eigenvalue weighted by molar-refractivity contribution is -0.133. The van der Waals surface area contributed by atoms with Crippen LogP contribution in [0.15, 0.2) is 54.7 Å². The molecule has 4 nitrogen and oxygen atoms in total. The van der Waals surface area contributed by atoms with Gasteiger partial charge in [-0.25, -0.2) is 5.48 Å². The molecule has 0 bridgehead atoms. The van der Waals surface area contributed by atoms with Gasteiger partial charge in [-0.1, -0.05) is 55.5 Å². The molecule has 25 heavy (non-hydrogen) atoms. The molecule has 0 fully saturated rings. The summed E-state index contributed by atoms with van der Waals surface area (Å²) in [6.45, 7) is 4.45. The number of aryl methyl sites for hydroxylation is 1. The summed E-state index contributed by atoms with van der Waals surface area (Å²) in [6, 6.07) is 16.5. The third-order valence-electron chi connectivity index (χ3n) is 4.51. The number of aromatic amines is 1. The smallest absolute Gasteiger partial charge is 0.244 e. The fraction of sp³-hybridized carbons (Fsp3) is 0.286. The Morgan fingerprint density at radius 2 is 1.92 bits per heavy atom. The molecule has 1 amide bonds. The summed E-state index contributed by atoms with van der Waals surface area (Å²) in [7, 11) is 0. The van der Waals surface area contributed by atoms with Crippen molar-refractivity contribution in [2.24, 2.45) is 0 Å². The number of H-pyrrole nitrogens is 1. The van der Waals surface area contributed by atoms with Crippen LogP contribution in [0.25, 0.3) is 10.9 Å². The van der Waals surface area contributed by atoms with E-state index in [0.717, 1.165) is 23.1 Å². The van der Waals surface area contributed by atoms with Crippen LogP contribution in [0.4, 0.5) is 0 Å². The van der Waals surface area contributed by atoms with Gasteiger partial charge in [-0.3, -0.25) is 9.63 Å². The zero-order valence-electron chi connectivity index (χ0n) is 14.7. The number of nitrogens with one attached hydrogen (secondary N) is 2. The number of amides is 1. The third kappa shape index (κ3) is 3.74. The van der Waals surface area contributed by atoms with Crippen molar-refractivity contribution in [3.63, 3.8) is 0 Å². The maximum absolute atomic E-state index is 12.3. The van der Waals surface area contributed by atoms with E-state index in [1.807, 2.05) is 31.3 Å². The molecule has 0 aliphatic heterocycles. The molecule has 0 saturated carbocycles. The van der Waals surface area contributed by atoms with Crippen LogP contribution in [0.2, 0.25) is 0 Å². The van der Waals surface area contributed by atoms with E-state index >= 15 is 0 Å². The van der Waals surface area contributed by atoms with E-state index in [9.17, 15) is 4.79 Å². The predicted molar refractivity (Wildman–Crippen MR) is 100 cm³/mol. The van der Waals surface area contributed by atoms with Crippen molar-refractivity contribution < 1.29 is 9.63 Å². The summed E-state index contributed by atoms with van der Waals surface area (Å²) in [5.41, 5.74) is 7.22. The van der Waals surface area contributed by atoms with Gasteiger partial charge in [-0.2, -0.15) is 0 Å². The van der Waals surface area contributed by atoms with Gasteiger partial charge in [0.2, 0.25) is 5.91 Å². The van der Waals surface area contributed by atoms with Gasteiger partial charge in [0, 0.05) is 29.4 Å². The van der Waals surface area contributed by atoms with Gasteiger partial charge in [0.1, 0.15) is 0 Å². The first-order chi connectivity index (χ1) is 12.2. The van der Waals surface area contributed by atoms with Gasteiger partial charge in [-0.05, 0) is 30.0 Å². The molecular weight excluding hydrogens is 312 g/mol. The second-order valence-electron chi connectivity index (χ2n) is 6.06. The van der Waals surface area contributed by atoms with E-state index in [1.165, 1.54) is 10.9 Å². The standard InChI is InChI=1S/C21H24N2O2/c1-3-15-11-8-12-17-19(14-22-21(15)17)18(13-20(24)23-25-4-2)16-9-6-5-7-10-16/h5-12,14,18,22H,3-4,13H2,1-2H3,(H,23,24). The number of hydrogen-bond donors (Lipinski definition) is 2. The highest BCUT2D eigenvalue weighted by Crippen LogP contribution is 2.34. The molecule has 1 atom stereocenters. The molecule has 0 radical (unpaired) electrons. The Bertz CT molecular complexity index is 839. The Kier molecular flexibility index (Phi) is 5.51. The van der Waals surface area contributed by atoms with Gasteiger partial charge in [0.05, 0.1) is 6.61 Å². The molecular formula is C21H24N2O2. The summed E-state index contributed by atoms with van der Waals surface area (Å²) >= 11 is 0. The minimum absolute atomic E-state index is 0.0255. The zero-order valence-corrected chi connectivity index (χ0v) is 14.7. The van der Waals surface area contributed by atoms with Gasteiger partial charge >= 0.3 is 0 Å². The number of hydroxylamine groups is 1. The number of aromatic nitrogens is 1. The van der Waals surface area contributed by atoms with Crippen molar-refractivity contribution in [2.75, 3.05) is 6.61 Å². The number of para-hydroxylation sites is 1. The van der Waals surface area contributed by atoms with Crippen molar-refractivity contribution in [1.29, 1.82) is 0 Å². The van der Waals surface area contributed by atoms with Crippen LogP contribution in [0.3, 0.4) is 0 Å². The SMILES string of the molecule is CCONC(=O)CC(c1ccccc1)c1c[nH]c2c(CC)cccc12. The van der Waals surface area contributed by atoms with E-state index in [2.05, 4.69) is 47.7 Å². The van der Waals surface area contributed by atoms with Crippen molar-refractivity contribution in [3.8, 4) is 0 Å². The molecule has 0 aliphatic rings. The van der Waals surface area contributed by atoms with Crippen LogP contribution < -0.4 is 5.48 Å². The van der Waals surface area contributed by atoms with Crippen LogP contribution in [0.1, 0.15) is 42.9 Å². The fourth-order valence-electron chi connectivity index (χ4n) is 3.29. The number of rotatable bonds is 7. The van der Waals surface area contributed by atoms with E-state index in [0.29, 0.717) is 13.0 Å². The van der Waals surface area contributed by atoms with Gasteiger partial charge < -0.3 is 4.98 Å². The number of benzene rings is 2. The maximum atomic E-state index is 12.3. The van der Waals surface area contributed by atoms with Crippen molar-refractivity contribution in [3.05, 3.63) is 71.4 Å². The van der Waals surface area contributed by atoms with Gasteiger partial charge in [-0.15, -0.1) is 0 Å². The zero-order chi connectivity index (χ0) is 17.6. The largest absolute Gasteiger partial charge is 0.361 e. The van der Waals surface area contributed by atoms with Crippen molar-refractivity contribution in [2.45, 2.75) is 32.6 Å². The number of fused-ring (bicyclic) bond motifs is 1. The molecule has 1 aromatic heterocycles. The summed E-state index contributed by atoms with van der Waals surface area (Å²) < 4.78 is 0. The van der Waals surface area contributed by atoms with Gasteiger partial charge in [0.25, 0.3) is 0 Å². The molecule has 3 aromatic rings. The first kappa shape index (κ1) is 17.2. The van der Waals surface area contributed by atoms with E-state index in [4.69, 9.17) is 4.84 Å². The fourth-order valence-corrected chi connectivity index (χ4v) is 3.29. The van der Waals surface area contributed by atoms with Crippen molar-refractivity contribution in [1.82, 2.24) is 10.5 Å². The molecule has 4 heteroatoms. The average Bonchev–Trinajstić information content (AvgIpc) is 3.09. The Morgan fingerprint density at radius 1 is 1.12 bits per heavy atom. The molecule has 2 aromatic carbocycles. The first-order valence-electron chi connectivity index (χ1n) is 8.79. The topological polar surface area (TPSA) is 54.1 Å². The van der Waals surface area contributed by atoms with Crippen LogP contribution in [0.5, 0.6) is 0 Å². The quantitative estimate of drug-likeness (QED) is 0.631. The molecule has 2 N–H and O–H groups in total. The summed E-state index contributed by atoms with van der Waals surface area (Å²) in [4.78, 5) is 20.8. The second-order valence-corrected chi connectivity index (χ2v) is 6.06. The minimum Gasteiger partial charge on any atom is -0.361 e. The van der Waals surface area contributed by atoms with Crippen LogP contribution in [-0.4, -0.2) is 17.5 Å². The Morgan fingerprint density at radius 3 is 2.64 bits per heavy atom. The molecule has 1 heterocycles. The highest BCUT2D eigenvalue weighted by Gasteiger charge is 2.22. The second kappa shape index (κ2) is 7.99. The van der Waals surface area contributed by atoms with E-state index < -0.39 is 0 Å². The number of hydrogen-bond acceptors (Lipinski definition) is 2. The Balaban J connectivity index is 2.01. The molecule has 0 spiro atoms. The highest BCUT2D eigenvalue weighted by molar-refractivity contribution is 5.88. The lowest BCUT2D eigenvalue weighted by Gasteiger charge is -2.17. The Hall–Kier alpha value is -2.59. The lowest BCUT2D eigenvalue weighted by Crippen LogP contribution is -2.25. The van der Waals surface area contributed by atoms with Crippen LogP contribution in [-0.2, 0) is 16.1 Å². The minimum atomic E-state index is -0.114. The average molecular weight is 336 g/mol. The Labute approximate surface area is 148 Å². The normalized spacial score (nSPS) is 12.2. The van der Waals surface area contributed by atoms with E-state index in [1.54, 1.807) is 0 Å². The van der Waals surface area contributed by atoms with E-state index in [-0.39, 0.29) is 11.8 Å². The molecule has 1 unspecified atom stereocenters. The molecule has 3 rings (SSSR count). The number of carbonyl (C=O) groups excluding carboxylic acids is 1.